The zero-order chi connectivity index (χ0) is 26.3. The molecule has 2 unspecified atom stereocenters. The summed E-state index contributed by atoms with van der Waals surface area (Å²) in [6.45, 7) is 6.68. The number of fused-ring (bicyclic) bond motifs is 1. The van der Waals surface area contributed by atoms with Crippen LogP contribution in [0.5, 0.6) is 5.75 Å². The van der Waals surface area contributed by atoms with Gasteiger partial charge in [-0.15, -0.1) is 0 Å². The number of aromatic hydroxyl groups is 1. The highest BCUT2D eigenvalue weighted by Crippen LogP contribution is 2.66. The molecule has 2 saturated carbocycles. The minimum atomic E-state index is -0.336. The Balaban J connectivity index is 1.61. The summed E-state index contributed by atoms with van der Waals surface area (Å²) in [5.41, 5.74) is 8.38. The molecule has 0 aromatic heterocycles. The van der Waals surface area contributed by atoms with E-state index in [0.29, 0.717) is 11.7 Å². The molecule has 1 aliphatic heterocycles. The molecule has 6 rings (SSSR count). The number of hydrogen-bond acceptors (Lipinski definition) is 2. The number of benzene rings is 3. The van der Waals surface area contributed by atoms with Crippen LogP contribution in [0.3, 0.4) is 0 Å². The Morgan fingerprint density at radius 1 is 0.816 bits per heavy atom. The van der Waals surface area contributed by atoms with Crippen LogP contribution in [0.1, 0.15) is 92.9 Å². The first-order chi connectivity index (χ1) is 18.5. The third-order valence-electron chi connectivity index (χ3n) is 9.97. The topological polar surface area (TPSA) is 32.6 Å². The van der Waals surface area contributed by atoms with E-state index in [4.69, 9.17) is 4.99 Å². The number of hydrogen-bond donors (Lipinski definition) is 1. The summed E-state index contributed by atoms with van der Waals surface area (Å²) in [5.74, 6) is 1.07. The van der Waals surface area contributed by atoms with Crippen molar-refractivity contribution in [1.82, 2.24) is 0 Å². The van der Waals surface area contributed by atoms with Crippen molar-refractivity contribution in [2.45, 2.75) is 102 Å². The second kappa shape index (κ2) is 10.8. The number of aryl methyl sites for hydroxylation is 3. The van der Waals surface area contributed by atoms with E-state index < -0.39 is 0 Å². The lowest BCUT2D eigenvalue weighted by molar-refractivity contribution is 0.257. The maximum atomic E-state index is 12.0. The molecule has 0 bridgehead atoms. The Hall–Kier alpha value is -2.18. The van der Waals surface area contributed by atoms with Gasteiger partial charge in [-0.3, -0.25) is 4.99 Å². The van der Waals surface area contributed by atoms with Crippen molar-refractivity contribution in [2.24, 2.45) is 10.9 Å². The Kier molecular flexibility index (Phi) is 7.38. The van der Waals surface area contributed by atoms with E-state index in [1.54, 1.807) is 0 Å². The average molecular weight is 526 g/mol. The van der Waals surface area contributed by atoms with Crippen LogP contribution in [0.25, 0.3) is 10.8 Å². The highest BCUT2D eigenvalue weighted by Gasteiger charge is 2.54. The molecular weight excluding hydrogens is 481 g/mol. The number of aliphatic imine (C=N–C) groups is 1. The Morgan fingerprint density at radius 2 is 1.47 bits per heavy atom. The van der Waals surface area contributed by atoms with Gasteiger partial charge in [-0.1, -0.05) is 101 Å². The lowest BCUT2D eigenvalue weighted by atomic mass is 9.63. The maximum absolute atomic E-state index is 12.0. The third-order valence-corrected chi connectivity index (χ3v) is 13.1. The number of rotatable bonds is 4. The van der Waals surface area contributed by atoms with Crippen molar-refractivity contribution in [3.63, 3.8) is 0 Å². The first-order valence-electron chi connectivity index (χ1n) is 15.1. The van der Waals surface area contributed by atoms with Gasteiger partial charge in [0.1, 0.15) is 5.75 Å². The van der Waals surface area contributed by atoms with Crippen LogP contribution in [0.2, 0.25) is 0 Å². The Bertz CT molecular complexity index is 1320. The van der Waals surface area contributed by atoms with Gasteiger partial charge in [-0.2, -0.15) is 0 Å². The van der Waals surface area contributed by atoms with Gasteiger partial charge in [0.25, 0.3) is 0 Å². The minimum Gasteiger partial charge on any atom is -0.507 e. The molecule has 3 heteroatoms. The molecule has 2 nitrogen and oxygen atoms in total. The summed E-state index contributed by atoms with van der Waals surface area (Å²) in [7, 11) is -0.336. The number of nitrogens with zero attached hydrogens (tertiary/aromatic N) is 1. The summed E-state index contributed by atoms with van der Waals surface area (Å²) in [5, 5.41) is 14.1. The van der Waals surface area contributed by atoms with Crippen molar-refractivity contribution >= 4 is 29.8 Å². The molecule has 0 spiro atoms. The van der Waals surface area contributed by atoms with Crippen molar-refractivity contribution in [1.29, 1.82) is 0 Å². The normalized spacial score (nSPS) is 26.4. The summed E-state index contributed by atoms with van der Waals surface area (Å²) >= 11 is 0. The molecule has 1 saturated heterocycles. The Morgan fingerprint density at radius 3 is 2.18 bits per heavy atom. The summed E-state index contributed by atoms with van der Waals surface area (Å²) in [6, 6.07) is 17.5. The third kappa shape index (κ3) is 4.52. The molecule has 3 aromatic rings. The molecule has 1 N–H and O–H groups in total. The minimum absolute atomic E-state index is 0.151. The lowest BCUT2D eigenvalue weighted by Crippen LogP contribution is -2.41. The molecule has 1 heterocycles. The molecule has 0 amide bonds. The molecule has 3 aliphatic rings. The Labute approximate surface area is 230 Å². The molecule has 0 radical (unpaired) electrons. The molecular formula is C35H44NOP. The van der Waals surface area contributed by atoms with Gasteiger partial charge in [-0.25, -0.2) is 0 Å². The molecule has 2 atom stereocenters. The highest BCUT2D eigenvalue weighted by molar-refractivity contribution is 7.76. The molecule has 200 valence electrons. The van der Waals surface area contributed by atoms with Gasteiger partial charge >= 0.3 is 0 Å². The van der Waals surface area contributed by atoms with Gasteiger partial charge in [0, 0.05) is 16.4 Å². The van der Waals surface area contributed by atoms with Crippen molar-refractivity contribution < 1.29 is 5.11 Å². The first kappa shape index (κ1) is 26.1. The van der Waals surface area contributed by atoms with E-state index >= 15 is 0 Å². The molecule has 38 heavy (non-hydrogen) atoms. The van der Waals surface area contributed by atoms with Crippen molar-refractivity contribution in [2.75, 3.05) is 6.16 Å². The number of phenolic OH excluding ortho intramolecular Hbond substituents is 1. The van der Waals surface area contributed by atoms with E-state index in [1.807, 2.05) is 0 Å². The molecule has 3 aromatic carbocycles. The smallest absolute Gasteiger partial charge is 0.127 e. The number of phenols is 1. The monoisotopic (exact) mass is 525 g/mol. The van der Waals surface area contributed by atoms with E-state index in [0.717, 1.165) is 22.9 Å². The lowest BCUT2D eigenvalue weighted by Gasteiger charge is -2.43. The predicted octanol–water partition coefficient (Wildman–Crippen LogP) is 10.2. The standard InChI is InChI=1S/C35H44NOP/c1-24-22-25(2)32(26(3)23-24)36-34-35(28-13-6-4-7-14-28,20-21-38(34)29-15-8-5-9-16-29)31-19-18-27-12-10-11-17-30(27)33(31)37/h10-12,17-19,22-23,28-29,37H,4-9,13-16,20-21H2,1-3H3. The summed E-state index contributed by atoms with van der Waals surface area (Å²) < 4.78 is 0. The zero-order valence-corrected chi connectivity index (χ0v) is 24.5. The quantitative estimate of drug-likeness (QED) is 0.338. The van der Waals surface area contributed by atoms with Gasteiger partial charge in [-0.05, 0) is 87.1 Å². The average Bonchev–Trinajstić information content (AvgIpc) is 3.31. The van der Waals surface area contributed by atoms with Crippen molar-refractivity contribution in [3.8, 4) is 5.75 Å². The van der Waals surface area contributed by atoms with Crippen LogP contribution in [-0.2, 0) is 5.41 Å². The predicted molar refractivity (Wildman–Crippen MR) is 165 cm³/mol. The van der Waals surface area contributed by atoms with Gasteiger partial charge in [0.2, 0.25) is 0 Å². The first-order valence-corrected chi connectivity index (χ1v) is 16.7. The second-order valence-corrected chi connectivity index (χ2v) is 14.9. The van der Waals surface area contributed by atoms with Crippen LogP contribution in [0.15, 0.2) is 53.5 Å². The zero-order valence-electron chi connectivity index (χ0n) is 23.6. The summed E-state index contributed by atoms with van der Waals surface area (Å²) in [6.07, 6.45) is 15.7. The van der Waals surface area contributed by atoms with Gasteiger partial charge < -0.3 is 5.11 Å². The molecule has 2 aliphatic carbocycles. The van der Waals surface area contributed by atoms with E-state index in [9.17, 15) is 5.11 Å². The second-order valence-electron chi connectivity index (χ2n) is 12.4. The fraction of sp³-hybridized carbons (Fsp3) is 0.514. The van der Waals surface area contributed by atoms with E-state index in [1.165, 1.54) is 104 Å². The fourth-order valence-electron chi connectivity index (χ4n) is 8.21. The van der Waals surface area contributed by atoms with Crippen LogP contribution in [0, 0.1) is 26.7 Å². The van der Waals surface area contributed by atoms with Crippen LogP contribution < -0.4 is 0 Å². The largest absolute Gasteiger partial charge is 0.507 e. The summed E-state index contributed by atoms with van der Waals surface area (Å²) in [4.78, 5) is 5.82. The van der Waals surface area contributed by atoms with E-state index in [-0.39, 0.29) is 13.3 Å². The van der Waals surface area contributed by atoms with Gasteiger partial charge in [0.15, 0.2) is 0 Å². The van der Waals surface area contributed by atoms with Crippen LogP contribution in [0.4, 0.5) is 5.69 Å². The maximum Gasteiger partial charge on any atom is 0.127 e. The highest BCUT2D eigenvalue weighted by atomic mass is 31.1. The van der Waals surface area contributed by atoms with Crippen molar-refractivity contribution in [3.05, 3.63) is 70.8 Å². The van der Waals surface area contributed by atoms with Gasteiger partial charge in [0.05, 0.1) is 11.1 Å². The van der Waals surface area contributed by atoms with Crippen LogP contribution in [-0.4, -0.2) is 22.4 Å². The van der Waals surface area contributed by atoms with Crippen LogP contribution >= 0.6 is 7.92 Å². The molecule has 3 fully saturated rings. The SMILES string of the molecule is Cc1cc(C)c(N=C2P(C3CCCCC3)CCC2(c2ccc3ccccc3c2O)C2CCCCC2)c(C)c1. The van der Waals surface area contributed by atoms with E-state index in [2.05, 4.69) is 69.3 Å². The fourth-order valence-corrected chi connectivity index (χ4v) is 11.9.